The SMILES string of the molecule is CC(C)[C@H](C)NC(=O)CN1C(=O)N[C@](C)(c2ccc(Cl)cc2)C1=O. The van der Waals surface area contributed by atoms with Crippen LogP contribution in [0.2, 0.25) is 5.02 Å². The van der Waals surface area contributed by atoms with Crippen LogP contribution in [0.5, 0.6) is 0 Å². The topological polar surface area (TPSA) is 78.5 Å². The highest BCUT2D eigenvalue weighted by Gasteiger charge is 2.49. The molecule has 0 aromatic heterocycles. The second-order valence-electron chi connectivity index (χ2n) is 6.55. The molecule has 1 aromatic carbocycles. The Balaban J connectivity index is 2.14. The highest BCUT2D eigenvalue weighted by atomic mass is 35.5. The van der Waals surface area contributed by atoms with Gasteiger partial charge in [-0.3, -0.25) is 14.5 Å². The summed E-state index contributed by atoms with van der Waals surface area (Å²) in [7, 11) is 0. The largest absolute Gasteiger partial charge is 0.352 e. The van der Waals surface area contributed by atoms with E-state index < -0.39 is 17.5 Å². The minimum absolute atomic E-state index is 0.0408. The summed E-state index contributed by atoms with van der Waals surface area (Å²) in [5, 5.41) is 5.99. The molecule has 1 fully saturated rings. The molecule has 0 aliphatic carbocycles. The maximum Gasteiger partial charge on any atom is 0.325 e. The van der Waals surface area contributed by atoms with Crippen LogP contribution in [0.25, 0.3) is 0 Å². The van der Waals surface area contributed by atoms with Crippen molar-refractivity contribution in [1.82, 2.24) is 15.5 Å². The number of nitrogens with zero attached hydrogens (tertiary/aromatic N) is 1. The Morgan fingerprint density at radius 2 is 1.83 bits per heavy atom. The van der Waals surface area contributed by atoms with E-state index in [1.54, 1.807) is 31.2 Å². The Morgan fingerprint density at radius 1 is 1.25 bits per heavy atom. The molecule has 130 valence electrons. The summed E-state index contributed by atoms with van der Waals surface area (Å²) < 4.78 is 0. The maximum atomic E-state index is 12.7. The fraction of sp³-hybridized carbons (Fsp3) is 0.471. The molecule has 0 unspecified atom stereocenters. The van der Waals surface area contributed by atoms with Crippen molar-refractivity contribution in [1.29, 1.82) is 0 Å². The Morgan fingerprint density at radius 3 is 2.38 bits per heavy atom. The quantitative estimate of drug-likeness (QED) is 0.799. The van der Waals surface area contributed by atoms with E-state index in [9.17, 15) is 14.4 Å². The fourth-order valence-electron chi connectivity index (χ4n) is 2.43. The second kappa shape index (κ2) is 6.81. The first-order valence-corrected chi connectivity index (χ1v) is 8.22. The van der Waals surface area contributed by atoms with E-state index in [1.165, 1.54) is 0 Å². The van der Waals surface area contributed by atoms with Gasteiger partial charge in [-0.05, 0) is 37.5 Å². The van der Waals surface area contributed by atoms with Crippen molar-refractivity contribution in [3.63, 3.8) is 0 Å². The number of carbonyl (C=O) groups excluding carboxylic acids is 3. The molecule has 0 saturated carbocycles. The third-order valence-electron chi connectivity index (χ3n) is 4.39. The molecule has 1 aliphatic rings. The summed E-state index contributed by atoms with van der Waals surface area (Å²) >= 11 is 5.86. The maximum absolute atomic E-state index is 12.7. The first kappa shape index (κ1) is 18.3. The number of hydrogen-bond acceptors (Lipinski definition) is 3. The monoisotopic (exact) mass is 351 g/mol. The predicted molar refractivity (Wildman–Crippen MR) is 91.5 cm³/mol. The van der Waals surface area contributed by atoms with Crippen molar-refractivity contribution in [2.75, 3.05) is 6.54 Å². The molecule has 1 aliphatic heterocycles. The Bertz CT molecular complexity index is 660. The number of amides is 4. The third kappa shape index (κ3) is 3.53. The molecule has 2 N–H and O–H groups in total. The van der Waals surface area contributed by atoms with Crippen molar-refractivity contribution in [3.05, 3.63) is 34.9 Å². The molecule has 2 rings (SSSR count). The van der Waals surface area contributed by atoms with Crippen LogP contribution in [0.4, 0.5) is 4.79 Å². The number of urea groups is 1. The standard InChI is InChI=1S/C17H22ClN3O3/c1-10(2)11(3)19-14(22)9-21-15(23)17(4,20-16(21)24)12-5-7-13(18)8-6-12/h5-8,10-11H,9H2,1-4H3,(H,19,22)(H,20,24)/t11-,17+/m0/s1. The summed E-state index contributed by atoms with van der Waals surface area (Å²) in [6.45, 7) is 7.16. The van der Waals surface area contributed by atoms with Gasteiger partial charge in [-0.25, -0.2) is 4.79 Å². The predicted octanol–water partition coefficient (Wildman–Crippen LogP) is 2.27. The van der Waals surface area contributed by atoms with Gasteiger partial charge < -0.3 is 10.6 Å². The van der Waals surface area contributed by atoms with Gasteiger partial charge in [0.25, 0.3) is 5.91 Å². The molecule has 0 spiro atoms. The highest BCUT2D eigenvalue weighted by molar-refractivity contribution is 6.30. The Kier molecular flexibility index (Phi) is 5.18. The molecule has 2 atom stereocenters. The van der Waals surface area contributed by atoms with Gasteiger partial charge in [-0.15, -0.1) is 0 Å². The van der Waals surface area contributed by atoms with E-state index in [0.29, 0.717) is 10.6 Å². The summed E-state index contributed by atoms with van der Waals surface area (Å²) in [5.74, 6) is -0.557. The van der Waals surface area contributed by atoms with Gasteiger partial charge in [0.1, 0.15) is 12.1 Å². The van der Waals surface area contributed by atoms with Gasteiger partial charge in [-0.2, -0.15) is 0 Å². The third-order valence-corrected chi connectivity index (χ3v) is 4.64. The van der Waals surface area contributed by atoms with Gasteiger partial charge in [0.2, 0.25) is 5.91 Å². The summed E-state index contributed by atoms with van der Waals surface area (Å²) in [6.07, 6.45) is 0. The molecule has 0 bridgehead atoms. The van der Waals surface area contributed by atoms with Crippen molar-refractivity contribution in [2.24, 2.45) is 5.92 Å². The number of imide groups is 1. The lowest BCUT2D eigenvalue weighted by Crippen LogP contribution is -2.45. The zero-order valence-corrected chi connectivity index (χ0v) is 15.0. The van der Waals surface area contributed by atoms with Gasteiger partial charge in [0, 0.05) is 11.1 Å². The molecule has 1 aromatic rings. The van der Waals surface area contributed by atoms with Crippen molar-refractivity contribution < 1.29 is 14.4 Å². The van der Waals surface area contributed by atoms with Crippen LogP contribution < -0.4 is 10.6 Å². The average Bonchev–Trinajstić information content (AvgIpc) is 2.72. The molecular weight excluding hydrogens is 330 g/mol. The molecule has 6 nitrogen and oxygen atoms in total. The van der Waals surface area contributed by atoms with Crippen LogP contribution in [-0.4, -0.2) is 35.3 Å². The average molecular weight is 352 g/mol. The molecule has 7 heteroatoms. The van der Waals surface area contributed by atoms with Crippen molar-refractivity contribution >= 4 is 29.4 Å². The Hall–Kier alpha value is -2.08. The smallest absolute Gasteiger partial charge is 0.325 e. The molecule has 1 heterocycles. The molecule has 4 amide bonds. The number of halogens is 1. The van der Waals surface area contributed by atoms with E-state index in [2.05, 4.69) is 10.6 Å². The fourth-order valence-corrected chi connectivity index (χ4v) is 2.56. The van der Waals surface area contributed by atoms with Gasteiger partial charge in [0.05, 0.1) is 0 Å². The minimum atomic E-state index is -1.20. The van der Waals surface area contributed by atoms with E-state index >= 15 is 0 Å². The number of hydrogen-bond donors (Lipinski definition) is 2. The lowest BCUT2D eigenvalue weighted by atomic mass is 9.92. The van der Waals surface area contributed by atoms with E-state index in [4.69, 9.17) is 11.6 Å². The zero-order chi connectivity index (χ0) is 18.1. The van der Waals surface area contributed by atoms with Crippen molar-refractivity contribution in [2.45, 2.75) is 39.3 Å². The lowest BCUT2D eigenvalue weighted by Gasteiger charge is -2.23. The van der Waals surface area contributed by atoms with Crippen LogP contribution in [0.3, 0.4) is 0 Å². The number of carbonyl (C=O) groups is 3. The first-order valence-electron chi connectivity index (χ1n) is 7.84. The zero-order valence-electron chi connectivity index (χ0n) is 14.2. The normalized spacial score (nSPS) is 21.8. The second-order valence-corrected chi connectivity index (χ2v) is 6.99. The summed E-state index contributed by atoms with van der Waals surface area (Å²) in [4.78, 5) is 37.9. The van der Waals surface area contributed by atoms with Gasteiger partial charge in [-0.1, -0.05) is 37.6 Å². The first-order chi connectivity index (χ1) is 11.1. The summed E-state index contributed by atoms with van der Waals surface area (Å²) in [5.41, 5.74) is -0.588. The van der Waals surface area contributed by atoms with Crippen LogP contribution >= 0.6 is 11.6 Å². The number of nitrogens with one attached hydrogen (secondary N) is 2. The number of benzene rings is 1. The Labute approximate surface area is 146 Å². The molecule has 1 saturated heterocycles. The van der Waals surface area contributed by atoms with E-state index in [0.717, 1.165) is 4.90 Å². The van der Waals surface area contributed by atoms with E-state index in [-0.39, 0.29) is 24.4 Å². The highest BCUT2D eigenvalue weighted by Crippen LogP contribution is 2.29. The van der Waals surface area contributed by atoms with Gasteiger partial charge in [0.15, 0.2) is 0 Å². The number of rotatable bonds is 5. The van der Waals surface area contributed by atoms with Crippen LogP contribution in [0.15, 0.2) is 24.3 Å². The van der Waals surface area contributed by atoms with Crippen LogP contribution in [0, 0.1) is 5.92 Å². The van der Waals surface area contributed by atoms with Crippen LogP contribution in [0.1, 0.15) is 33.3 Å². The molecule has 24 heavy (non-hydrogen) atoms. The molecular formula is C17H22ClN3O3. The van der Waals surface area contributed by atoms with E-state index in [1.807, 2.05) is 20.8 Å². The lowest BCUT2D eigenvalue weighted by molar-refractivity contribution is -0.135. The van der Waals surface area contributed by atoms with Crippen LogP contribution in [-0.2, 0) is 15.1 Å². The summed E-state index contributed by atoms with van der Waals surface area (Å²) in [6, 6.07) is 6.06. The molecule has 0 radical (unpaired) electrons. The van der Waals surface area contributed by atoms with Crippen molar-refractivity contribution in [3.8, 4) is 0 Å². The van der Waals surface area contributed by atoms with Gasteiger partial charge >= 0.3 is 6.03 Å². The minimum Gasteiger partial charge on any atom is -0.352 e.